The van der Waals surface area contributed by atoms with Crippen molar-refractivity contribution in [1.82, 2.24) is 9.88 Å². The van der Waals surface area contributed by atoms with E-state index in [1.54, 1.807) is 26.4 Å². The lowest BCUT2D eigenvalue weighted by molar-refractivity contribution is 0.0730. The molecule has 1 aliphatic rings. The largest absolute Gasteiger partial charge is 0.497 e. The van der Waals surface area contributed by atoms with E-state index in [1.165, 1.54) is 12.1 Å². The summed E-state index contributed by atoms with van der Waals surface area (Å²) < 4.78 is 24.6. The standard InChI is InChI=1S/C29H27FN2O3/c1-18-5-4-6-20-15-21(17-32(23-11-12-23)29(33)19-7-9-22(30)10-8-19)28(31-27(18)20)25-16-24(34-2)13-14-26(25)35-3/h4-10,13-16,23H,11-12,17H2,1-3H3. The van der Waals surface area contributed by atoms with Gasteiger partial charge in [-0.15, -0.1) is 0 Å². The zero-order chi connectivity index (χ0) is 24.5. The molecule has 178 valence electrons. The summed E-state index contributed by atoms with van der Waals surface area (Å²) in [5, 5.41) is 1.01. The molecule has 0 saturated heterocycles. The fraction of sp³-hybridized carbons (Fsp3) is 0.241. The van der Waals surface area contributed by atoms with E-state index in [9.17, 15) is 9.18 Å². The van der Waals surface area contributed by atoms with Crippen LogP contribution >= 0.6 is 0 Å². The van der Waals surface area contributed by atoms with Crippen LogP contribution in [0.25, 0.3) is 22.2 Å². The third-order valence-corrected chi connectivity index (χ3v) is 6.47. The number of fused-ring (bicyclic) bond motifs is 1. The Morgan fingerprint density at radius 1 is 1.03 bits per heavy atom. The lowest BCUT2D eigenvalue weighted by Gasteiger charge is -2.25. The molecule has 6 heteroatoms. The molecule has 5 nitrogen and oxygen atoms in total. The Hall–Kier alpha value is -3.93. The number of hydrogen-bond acceptors (Lipinski definition) is 4. The fourth-order valence-electron chi connectivity index (χ4n) is 4.44. The predicted molar refractivity (Wildman–Crippen MR) is 134 cm³/mol. The van der Waals surface area contributed by atoms with Crippen LogP contribution in [0.2, 0.25) is 0 Å². The number of benzene rings is 3. The second kappa shape index (κ2) is 9.37. The van der Waals surface area contributed by atoms with Gasteiger partial charge in [0.05, 0.1) is 25.4 Å². The molecule has 0 radical (unpaired) electrons. The van der Waals surface area contributed by atoms with Crippen LogP contribution in [-0.4, -0.2) is 36.1 Å². The van der Waals surface area contributed by atoms with Gasteiger partial charge in [0.15, 0.2) is 0 Å². The highest BCUT2D eigenvalue weighted by atomic mass is 19.1. The molecule has 1 amide bonds. The van der Waals surface area contributed by atoms with E-state index in [1.807, 2.05) is 48.2 Å². The van der Waals surface area contributed by atoms with Crippen LogP contribution in [0, 0.1) is 12.7 Å². The van der Waals surface area contributed by atoms with E-state index in [0.29, 0.717) is 23.6 Å². The molecule has 3 aromatic carbocycles. The zero-order valence-corrected chi connectivity index (χ0v) is 20.0. The monoisotopic (exact) mass is 470 g/mol. The summed E-state index contributed by atoms with van der Waals surface area (Å²) in [6.45, 7) is 2.42. The molecule has 1 fully saturated rings. The van der Waals surface area contributed by atoms with Crippen molar-refractivity contribution in [2.75, 3.05) is 14.2 Å². The van der Waals surface area contributed by atoms with Gasteiger partial charge < -0.3 is 14.4 Å². The maximum atomic E-state index is 13.5. The summed E-state index contributed by atoms with van der Waals surface area (Å²) in [4.78, 5) is 20.4. The molecule has 5 rings (SSSR count). The fourth-order valence-corrected chi connectivity index (χ4v) is 4.44. The van der Waals surface area contributed by atoms with E-state index >= 15 is 0 Å². The van der Waals surface area contributed by atoms with Gasteiger partial charge in [0, 0.05) is 29.1 Å². The Morgan fingerprint density at radius 2 is 1.80 bits per heavy atom. The number of halogens is 1. The van der Waals surface area contributed by atoms with Crippen molar-refractivity contribution in [1.29, 1.82) is 0 Å². The smallest absolute Gasteiger partial charge is 0.254 e. The highest BCUT2D eigenvalue weighted by Gasteiger charge is 2.34. The van der Waals surface area contributed by atoms with E-state index in [0.717, 1.165) is 46.1 Å². The summed E-state index contributed by atoms with van der Waals surface area (Å²) in [5.74, 6) is 0.900. The average molecular weight is 471 g/mol. The Bertz CT molecular complexity index is 1400. The number of rotatable bonds is 7. The summed E-state index contributed by atoms with van der Waals surface area (Å²) >= 11 is 0. The Kier molecular flexibility index (Phi) is 6.12. The number of hydrogen-bond donors (Lipinski definition) is 0. The summed E-state index contributed by atoms with van der Waals surface area (Å²) in [6.07, 6.45) is 1.90. The lowest BCUT2D eigenvalue weighted by Crippen LogP contribution is -2.33. The number of aromatic nitrogens is 1. The van der Waals surface area contributed by atoms with Gasteiger partial charge in [-0.05, 0) is 79.4 Å². The third kappa shape index (κ3) is 4.56. The molecule has 1 heterocycles. The van der Waals surface area contributed by atoms with Crippen LogP contribution in [0.1, 0.15) is 34.3 Å². The number of carbonyl (C=O) groups excluding carboxylic acids is 1. The second-order valence-electron chi connectivity index (χ2n) is 8.88. The molecule has 4 aromatic rings. The van der Waals surface area contributed by atoms with Crippen molar-refractivity contribution in [3.8, 4) is 22.8 Å². The predicted octanol–water partition coefficient (Wildman–Crippen LogP) is 6.17. The van der Waals surface area contributed by atoms with Crippen molar-refractivity contribution in [2.45, 2.75) is 32.4 Å². The molecule has 1 aliphatic carbocycles. The topological polar surface area (TPSA) is 51.7 Å². The first-order valence-electron chi connectivity index (χ1n) is 11.7. The van der Waals surface area contributed by atoms with Crippen LogP contribution in [0.4, 0.5) is 4.39 Å². The molecule has 1 saturated carbocycles. The SMILES string of the molecule is COc1ccc(OC)c(-c2nc3c(C)cccc3cc2CN(C(=O)c2ccc(F)cc2)C2CC2)c1. The molecular formula is C29H27FN2O3. The number of methoxy groups -OCH3 is 2. The molecule has 0 spiro atoms. The average Bonchev–Trinajstić information content (AvgIpc) is 3.72. The second-order valence-corrected chi connectivity index (χ2v) is 8.88. The summed E-state index contributed by atoms with van der Waals surface area (Å²) in [6, 6.07) is 19.7. The van der Waals surface area contributed by atoms with Crippen LogP contribution in [0.15, 0.2) is 66.7 Å². The Balaban J connectivity index is 1.65. The van der Waals surface area contributed by atoms with Gasteiger partial charge in [-0.25, -0.2) is 9.37 Å². The number of nitrogens with zero attached hydrogens (tertiary/aromatic N) is 2. The van der Waals surface area contributed by atoms with Crippen LogP contribution < -0.4 is 9.47 Å². The third-order valence-electron chi connectivity index (χ3n) is 6.47. The van der Waals surface area contributed by atoms with Crippen molar-refractivity contribution >= 4 is 16.8 Å². The Labute approximate surface area is 204 Å². The molecule has 0 unspecified atom stereocenters. The minimum atomic E-state index is -0.360. The minimum Gasteiger partial charge on any atom is -0.497 e. The highest BCUT2D eigenvalue weighted by molar-refractivity contribution is 5.95. The van der Waals surface area contributed by atoms with Crippen molar-refractivity contribution in [3.05, 3.63) is 89.2 Å². The van der Waals surface area contributed by atoms with Crippen molar-refractivity contribution in [2.24, 2.45) is 0 Å². The first kappa shape index (κ1) is 22.8. The van der Waals surface area contributed by atoms with Crippen LogP contribution in [-0.2, 0) is 6.54 Å². The minimum absolute atomic E-state index is 0.111. The Morgan fingerprint density at radius 3 is 2.49 bits per heavy atom. The highest BCUT2D eigenvalue weighted by Crippen LogP contribution is 2.38. The molecule has 0 aliphatic heterocycles. The molecule has 0 N–H and O–H groups in total. The number of para-hydroxylation sites is 1. The van der Waals surface area contributed by atoms with E-state index in [-0.39, 0.29) is 17.8 Å². The van der Waals surface area contributed by atoms with Crippen molar-refractivity contribution < 1.29 is 18.7 Å². The number of ether oxygens (including phenoxy) is 2. The van der Waals surface area contributed by atoms with Crippen molar-refractivity contribution in [3.63, 3.8) is 0 Å². The maximum Gasteiger partial charge on any atom is 0.254 e. The lowest BCUT2D eigenvalue weighted by atomic mass is 10.00. The number of carbonyl (C=O) groups is 1. The molecule has 0 bridgehead atoms. The normalized spacial score (nSPS) is 13.0. The number of pyridine rings is 1. The van der Waals surface area contributed by atoms with Gasteiger partial charge in [-0.1, -0.05) is 18.2 Å². The van der Waals surface area contributed by atoms with Gasteiger partial charge in [0.1, 0.15) is 17.3 Å². The van der Waals surface area contributed by atoms with Gasteiger partial charge in [-0.3, -0.25) is 4.79 Å². The van der Waals surface area contributed by atoms with Gasteiger partial charge in [-0.2, -0.15) is 0 Å². The molecular weight excluding hydrogens is 443 g/mol. The van der Waals surface area contributed by atoms with Gasteiger partial charge >= 0.3 is 0 Å². The maximum absolute atomic E-state index is 13.5. The zero-order valence-electron chi connectivity index (χ0n) is 20.0. The summed E-state index contributed by atoms with van der Waals surface area (Å²) in [7, 11) is 3.26. The van der Waals surface area contributed by atoms with Gasteiger partial charge in [0.2, 0.25) is 0 Å². The van der Waals surface area contributed by atoms with Gasteiger partial charge in [0.25, 0.3) is 5.91 Å². The first-order chi connectivity index (χ1) is 17.0. The van der Waals surface area contributed by atoms with Crippen LogP contribution in [0.3, 0.4) is 0 Å². The van der Waals surface area contributed by atoms with Crippen LogP contribution in [0.5, 0.6) is 11.5 Å². The molecule has 35 heavy (non-hydrogen) atoms. The quantitative estimate of drug-likeness (QED) is 0.324. The first-order valence-corrected chi connectivity index (χ1v) is 11.7. The van der Waals surface area contributed by atoms with E-state index in [2.05, 4.69) is 6.07 Å². The number of amides is 1. The molecule has 0 atom stereocenters. The summed E-state index contributed by atoms with van der Waals surface area (Å²) in [5.41, 5.74) is 4.91. The van der Waals surface area contributed by atoms with E-state index < -0.39 is 0 Å². The van der Waals surface area contributed by atoms with E-state index in [4.69, 9.17) is 14.5 Å². The molecule has 1 aromatic heterocycles. The number of aryl methyl sites for hydroxylation is 1.